The molecular formula is C35H52N2O4. The Kier molecular flexibility index (Phi) is 8.72. The van der Waals surface area contributed by atoms with Gasteiger partial charge in [-0.1, -0.05) is 58.0 Å². The molecule has 10 atom stereocenters. The summed E-state index contributed by atoms with van der Waals surface area (Å²) in [6.45, 7) is 10.5. The summed E-state index contributed by atoms with van der Waals surface area (Å²) < 4.78 is 6.19. The monoisotopic (exact) mass is 564 g/mol. The number of nitrogens with one attached hydrogen (secondary N) is 1. The van der Waals surface area contributed by atoms with Crippen molar-refractivity contribution in [1.82, 2.24) is 5.32 Å². The average Bonchev–Trinajstić information content (AvgIpc) is 3.30. The van der Waals surface area contributed by atoms with Gasteiger partial charge in [-0.3, -0.25) is 9.59 Å². The van der Waals surface area contributed by atoms with Crippen LogP contribution in [0.4, 0.5) is 0 Å². The van der Waals surface area contributed by atoms with E-state index in [-0.39, 0.29) is 40.6 Å². The molecule has 0 aromatic heterocycles. The molecule has 1 amide bonds. The fourth-order valence-electron chi connectivity index (χ4n) is 9.85. The van der Waals surface area contributed by atoms with Crippen LogP contribution in [0.15, 0.2) is 30.3 Å². The van der Waals surface area contributed by atoms with Crippen LogP contribution in [0.25, 0.3) is 0 Å². The van der Waals surface area contributed by atoms with E-state index in [1.54, 1.807) is 6.92 Å². The highest BCUT2D eigenvalue weighted by Gasteiger charge is 2.61. The van der Waals surface area contributed by atoms with Gasteiger partial charge in [-0.25, -0.2) is 4.79 Å². The van der Waals surface area contributed by atoms with Crippen molar-refractivity contribution < 1.29 is 19.1 Å². The van der Waals surface area contributed by atoms with E-state index in [0.717, 1.165) is 31.2 Å². The number of carbonyl (C=O) groups excluding carboxylic acids is 3. The van der Waals surface area contributed by atoms with Gasteiger partial charge in [0, 0.05) is 12.3 Å². The molecule has 5 rings (SSSR count). The molecule has 0 heterocycles. The highest BCUT2D eigenvalue weighted by molar-refractivity contribution is 5.87. The van der Waals surface area contributed by atoms with E-state index in [1.807, 2.05) is 44.2 Å². The van der Waals surface area contributed by atoms with E-state index < -0.39 is 12.1 Å². The van der Waals surface area contributed by atoms with Gasteiger partial charge in [-0.05, 0) is 111 Å². The molecule has 6 nitrogen and oxygen atoms in total. The lowest BCUT2D eigenvalue weighted by Crippen LogP contribution is -2.55. The summed E-state index contributed by atoms with van der Waals surface area (Å²) in [5.41, 5.74) is 7.53. The lowest BCUT2D eigenvalue weighted by Gasteiger charge is -2.61. The zero-order valence-electron chi connectivity index (χ0n) is 25.9. The Morgan fingerprint density at radius 2 is 1.63 bits per heavy atom. The van der Waals surface area contributed by atoms with Gasteiger partial charge in [-0.2, -0.15) is 0 Å². The molecule has 1 aromatic rings. The Bertz CT molecular complexity index is 1120. The minimum atomic E-state index is -0.758. The number of benzene rings is 1. The van der Waals surface area contributed by atoms with Crippen molar-refractivity contribution in [2.24, 2.45) is 52.1 Å². The summed E-state index contributed by atoms with van der Waals surface area (Å²) in [5, 5.41) is 2.91. The quantitative estimate of drug-likeness (QED) is 0.386. The smallest absolute Gasteiger partial charge is 0.329 e. The maximum atomic E-state index is 13.6. The zero-order chi connectivity index (χ0) is 29.5. The van der Waals surface area contributed by atoms with E-state index in [9.17, 15) is 14.4 Å². The van der Waals surface area contributed by atoms with Crippen LogP contribution in [0.5, 0.6) is 0 Å². The number of Topliss-reactive ketones (excluding diaryl/α,β-unsaturated/α-hetero) is 1. The fraction of sp³-hybridized carbons (Fsp3) is 0.743. The summed E-state index contributed by atoms with van der Waals surface area (Å²) in [6, 6.07) is 8.34. The van der Waals surface area contributed by atoms with Crippen LogP contribution >= 0.6 is 0 Å². The summed E-state index contributed by atoms with van der Waals surface area (Å²) in [7, 11) is 0. The molecule has 4 aliphatic carbocycles. The number of ether oxygens (including phenoxy) is 1. The van der Waals surface area contributed by atoms with Crippen LogP contribution in [0, 0.1) is 46.3 Å². The Hall–Kier alpha value is -2.21. The summed E-state index contributed by atoms with van der Waals surface area (Å²) in [5.74, 6) is 2.58. The van der Waals surface area contributed by atoms with Gasteiger partial charge < -0.3 is 15.8 Å². The Balaban J connectivity index is 1.25. The minimum absolute atomic E-state index is 0.0234. The minimum Gasteiger partial charge on any atom is -0.461 e. The van der Waals surface area contributed by atoms with Crippen LogP contribution in [0.3, 0.4) is 0 Å². The first-order valence-electron chi connectivity index (χ1n) is 16.2. The van der Waals surface area contributed by atoms with Crippen molar-refractivity contribution in [3.63, 3.8) is 0 Å². The number of rotatable bonds is 8. The first kappa shape index (κ1) is 30.3. The molecule has 0 bridgehead atoms. The maximum Gasteiger partial charge on any atom is 0.329 e. The van der Waals surface area contributed by atoms with Crippen LogP contribution in [0.2, 0.25) is 0 Å². The van der Waals surface area contributed by atoms with Crippen molar-refractivity contribution in [3.8, 4) is 0 Å². The Labute approximate surface area is 246 Å². The lowest BCUT2D eigenvalue weighted by atomic mass is 9.44. The van der Waals surface area contributed by atoms with Crippen LogP contribution < -0.4 is 11.1 Å². The van der Waals surface area contributed by atoms with E-state index in [2.05, 4.69) is 19.2 Å². The van der Waals surface area contributed by atoms with Gasteiger partial charge in [0.1, 0.15) is 17.9 Å². The van der Waals surface area contributed by atoms with Crippen molar-refractivity contribution in [1.29, 1.82) is 0 Å². The molecule has 0 spiro atoms. The standard InChI is InChI=1S/C35H52N2O4/c1-21(2)31(36)32(39)37-30(19-23-9-7-6-8-10-23)33(40)41-25-15-17-34(4)24(20-25)11-12-26-28-14-13-27(22(3)38)35(28,5)18-16-29(26)34/h6-10,21,24-31H,11-20,36H2,1-5H3,(H,37,39)/t24-,25+,26-,27+,28-,29-,30-,31-,34-,35+/m0/s1. The number of carbonyl (C=O) groups is 3. The molecule has 1 aromatic carbocycles. The van der Waals surface area contributed by atoms with Crippen LogP contribution in [-0.4, -0.2) is 35.8 Å². The molecule has 0 saturated heterocycles. The number of hydrogen-bond donors (Lipinski definition) is 2. The predicted molar refractivity (Wildman–Crippen MR) is 161 cm³/mol. The average molecular weight is 565 g/mol. The van der Waals surface area contributed by atoms with Crippen molar-refractivity contribution in [2.45, 2.75) is 117 Å². The highest BCUT2D eigenvalue weighted by atomic mass is 16.5. The zero-order valence-corrected chi connectivity index (χ0v) is 25.9. The number of fused-ring (bicyclic) bond motifs is 5. The van der Waals surface area contributed by atoms with Gasteiger partial charge >= 0.3 is 5.97 Å². The number of amides is 1. The SMILES string of the molecule is CC(=O)[C@H]1CC[C@H]2[C@@H]3CC[C@H]4C[C@H](OC(=O)[C@H](Cc5ccccc5)NC(=O)[C@@H](N)C(C)C)CC[C@]4(C)[C@H]3CC[C@]12C. The number of nitrogens with two attached hydrogens (primary N) is 1. The summed E-state index contributed by atoms with van der Waals surface area (Å²) in [4.78, 5) is 38.9. The topological polar surface area (TPSA) is 98.5 Å². The van der Waals surface area contributed by atoms with Gasteiger partial charge in [0.2, 0.25) is 5.91 Å². The second kappa shape index (κ2) is 11.8. The number of ketones is 1. The molecule has 0 radical (unpaired) electrons. The third kappa shape index (κ3) is 5.75. The third-order valence-corrected chi connectivity index (χ3v) is 12.3. The summed E-state index contributed by atoms with van der Waals surface area (Å²) >= 11 is 0. The largest absolute Gasteiger partial charge is 0.461 e. The normalized spacial score (nSPS) is 37.7. The second-order valence-corrected chi connectivity index (χ2v) is 14.8. The molecule has 41 heavy (non-hydrogen) atoms. The van der Waals surface area contributed by atoms with E-state index in [0.29, 0.717) is 35.9 Å². The molecule has 3 N–H and O–H groups in total. The van der Waals surface area contributed by atoms with E-state index in [4.69, 9.17) is 10.5 Å². The van der Waals surface area contributed by atoms with Gasteiger partial charge in [0.05, 0.1) is 6.04 Å². The molecule has 4 aliphatic rings. The third-order valence-electron chi connectivity index (χ3n) is 12.3. The fourth-order valence-corrected chi connectivity index (χ4v) is 9.85. The maximum absolute atomic E-state index is 13.6. The molecule has 0 unspecified atom stereocenters. The first-order chi connectivity index (χ1) is 19.4. The van der Waals surface area contributed by atoms with E-state index >= 15 is 0 Å². The number of esters is 1. The lowest BCUT2D eigenvalue weighted by molar-refractivity contribution is -0.165. The summed E-state index contributed by atoms with van der Waals surface area (Å²) in [6.07, 6.45) is 10.2. The molecule has 6 heteroatoms. The molecule has 4 fully saturated rings. The van der Waals surface area contributed by atoms with Crippen molar-refractivity contribution in [2.75, 3.05) is 0 Å². The predicted octanol–water partition coefficient (Wildman–Crippen LogP) is 5.86. The van der Waals surface area contributed by atoms with Crippen LogP contribution in [-0.2, 0) is 25.5 Å². The van der Waals surface area contributed by atoms with Gasteiger partial charge in [0.15, 0.2) is 0 Å². The molecule has 226 valence electrons. The molecule has 4 saturated carbocycles. The molecular weight excluding hydrogens is 512 g/mol. The Morgan fingerprint density at radius 3 is 2.32 bits per heavy atom. The van der Waals surface area contributed by atoms with Gasteiger partial charge in [0.25, 0.3) is 0 Å². The molecule has 0 aliphatic heterocycles. The van der Waals surface area contributed by atoms with Crippen molar-refractivity contribution >= 4 is 17.7 Å². The van der Waals surface area contributed by atoms with Crippen LogP contribution in [0.1, 0.15) is 98.0 Å². The van der Waals surface area contributed by atoms with Crippen molar-refractivity contribution in [3.05, 3.63) is 35.9 Å². The van der Waals surface area contributed by atoms with Gasteiger partial charge in [-0.15, -0.1) is 0 Å². The second-order valence-electron chi connectivity index (χ2n) is 14.8. The Morgan fingerprint density at radius 1 is 0.951 bits per heavy atom. The van der Waals surface area contributed by atoms with E-state index in [1.165, 1.54) is 32.1 Å². The highest BCUT2D eigenvalue weighted by Crippen LogP contribution is 2.67. The number of hydrogen-bond acceptors (Lipinski definition) is 5. The first-order valence-corrected chi connectivity index (χ1v) is 16.2.